The van der Waals surface area contributed by atoms with Crippen molar-refractivity contribution in [2.24, 2.45) is 4.99 Å². The van der Waals surface area contributed by atoms with Crippen LogP contribution in [-0.2, 0) is 0 Å². The van der Waals surface area contributed by atoms with Crippen LogP contribution < -0.4 is 20.1 Å². The van der Waals surface area contributed by atoms with Crippen LogP contribution in [0.1, 0.15) is 6.42 Å². The van der Waals surface area contributed by atoms with E-state index in [1.54, 1.807) is 7.05 Å². The summed E-state index contributed by atoms with van der Waals surface area (Å²) in [4.78, 5) is 9.48. The fraction of sp³-hybridized carbons (Fsp3) is 0.611. The van der Waals surface area contributed by atoms with Crippen LogP contribution in [0.15, 0.2) is 23.2 Å². The van der Waals surface area contributed by atoms with E-state index in [1.165, 1.54) is 26.2 Å². The van der Waals surface area contributed by atoms with E-state index in [0.717, 1.165) is 42.7 Å². The van der Waals surface area contributed by atoms with Crippen molar-refractivity contribution < 1.29 is 9.47 Å². The number of fused-ring (bicyclic) bond motifs is 4. The van der Waals surface area contributed by atoms with Gasteiger partial charge in [0.15, 0.2) is 17.5 Å². The van der Waals surface area contributed by atoms with E-state index in [-0.39, 0.29) is 0 Å². The first-order valence-corrected chi connectivity index (χ1v) is 9.15. The average molecular weight is 345 g/mol. The molecule has 2 bridgehead atoms. The molecule has 4 heterocycles. The second kappa shape index (κ2) is 7.49. The van der Waals surface area contributed by atoms with Gasteiger partial charge in [0.1, 0.15) is 0 Å². The predicted octanol–water partition coefficient (Wildman–Crippen LogP) is 0.835. The van der Waals surface area contributed by atoms with E-state index in [1.807, 2.05) is 18.2 Å². The highest BCUT2D eigenvalue weighted by Crippen LogP contribution is 2.32. The molecule has 25 heavy (non-hydrogen) atoms. The molecule has 5 rings (SSSR count). The van der Waals surface area contributed by atoms with Crippen LogP contribution in [0.3, 0.4) is 0 Å². The molecular formula is C18H27N5O2. The second-order valence-corrected chi connectivity index (χ2v) is 6.78. The van der Waals surface area contributed by atoms with Gasteiger partial charge in [0.2, 0.25) is 0 Å². The van der Waals surface area contributed by atoms with Gasteiger partial charge in [0.05, 0.1) is 13.2 Å². The topological polar surface area (TPSA) is 61.4 Å². The lowest BCUT2D eigenvalue weighted by Gasteiger charge is -2.47. The molecule has 136 valence electrons. The molecule has 1 aromatic rings. The minimum absolute atomic E-state index is 0.560. The quantitative estimate of drug-likeness (QED) is 0.625. The van der Waals surface area contributed by atoms with Gasteiger partial charge in [0.25, 0.3) is 0 Å². The van der Waals surface area contributed by atoms with Crippen LogP contribution in [0.25, 0.3) is 0 Å². The number of rotatable bonds is 3. The zero-order chi connectivity index (χ0) is 17.1. The van der Waals surface area contributed by atoms with Gasteiger partial charge in [-0.3, -0.25) is 14.8 Å². The Labute approximate surface area is 149 Å². The van der Waals surface area contributed by atoms with Crippen LogP contribution in [0.4, 0.5) is 5.69 Å². The maximum atomic E-state index is 5.76. The third-order valence-electron chi connectivity index (χ3n) is 5.13. The Morgan fingerprint density at radius 1 is 1.16 bits per heavy atom. The number of hydrogen-bond donors (Lipinski definition) is 2. The minimum atomic E-state index is 0.560. The lowest BCUT2D eigenvalue weighted by atomic mass is 10.1. The molecule has 7 nitrogen and oxygen atoms in total. The Balaban J connectivity index is 1.35. The lowest BCUT2D eigenvalue weighted by molar-refractivity contribution is 0.0155. The first kappa shape index (κ1) is 16.5. The summed E-state index contributed by atoms with van der Waals surface area (Å²) in [6.07, 6.45) is 0.912. The van der Waals surface area contributed by atoms with Crippen LogP contribution >= 0.6 is 0 Å². The maximum Gasteiger partial charge on any atom is 0.195 e. The molecule has 1 aromatic carbocycles. The van der Waals surface area contributed by atoms with Crippen LogP contribution in [0.2, 0.25) is 0 Å². The minimum Gasteiger partial charge on any atom is -0.490 e. The summed E-state index contributed by atoms with van der Waals surface area (Å²) in [5.41, 5.74) is 0.951. The number of hydrogen-bond acceptors (Lipinski definition) is 5. The monoisotopic (exact) mass is 345 g/mol. The summed E-state index contributed by atoms with van der Waals surface area (Å²) < 4.78 is 11.4. The molecule has 4 aliphatic rings. The summed E-state index contributed by atoms with van der Waals surface area (Å²) >= 11 is 0. The highest BCUT2D eigenvalue weighted by Gasteiger charge is 2.31. The lowest BCUT2D eigenvalue weighted by Crippen LogP contribution is -2.63. The molecule has 1 atom stereocenters. The number of benzene rings is 1. The summed E-state index contributed by atoms with van der Waals surface area (Å²) in [6.45, 7) is 8.23. The fourth-order valence-corrected chi connectivity index (χ4v) is 3.69. The van der Waals surface area contributed by atoms with Crippen molar-refractivity contribution >= 4 is 11.6 Å². The van der Waals surface area contributed by atoms with Crippen molar-refractivity contribution in [2.45, 2.75) is 12.5 Å². The van der Waals surface area contributed by atoms with E-state index >= 15 is 0 Å². The van der Waals surface area contributed by atoms with Crippen molar-refractivity contribution in [1.29, 1.82) is 0 Å². The van der Waals surface area contributed by atoms with Gasteiger partial charge in [-0.15, -0.1) is 0 Å². The Bertz CT molecular complexity index is 628. The zero-order valence-electron chi connectivity index (χ0n) is 14.8. The fourth-order valence-electron chi connectivity index (χ4n) is 3.69. The van der Waals surface area contributed by atoms with Gasteiger partial charge < -0.3 is 20.1 Å². The molecule has 1 unspecified atom stereocenters. The van der Waals surface area contributed by atoms with Crippen molar-refractivity contribution in [1.82, 2.24) is 15.1 Å². The first-order valence-electron chi connectivity index (χ1n) is 9.15. The molecule has 0 aromatic heterocycles. The number of nitrogens with one attached hydrogen (secondary N) is 2. The third kappa shape index (κ3) is 3.82. The van der Waals surface area contributed by atoms with Gasteiger partial charge >= 0.3 is 0 Å². The normalized spacial score (nSPS) is 28.4. The predicted molar refractivity (Wildman–Crippen MR) is 98.8 cm³/mol. The van der Waals surface area contributed by atoms with E-state index in [0.29, 0.717) is 19.3 Å². The number of anilines is 1. The molecule has 2 N–H and O–H groups in total. The van der Waals surface area contributed by atoms with E-state index in [4.69, 9.17) is 9.47 Å². The van der Waals surface area contributed by atoms with Crippen LogP contribution in [-0.4, -0.2) is 81.3 Å². The molecule has 0 saturated carbocycles. The van der Waals surface area contributed by atoms with Crippen LogP contribution in [0, 0.1) is 0 Å². The molecule has 3 fully saturated rings. The van der Waals surface area contributed by atoms with Gasteiger partial charge in [-0.1, -0.05) is 0 Å². The maximum absolute atomic E-state index is 5.76. The van der Waals surface area contributed by atoms with Crippen molar-refractivity contribution in [3.63, 3.8) is 0 Å². The highest BCUT2D eigenvalue weighted by atomic mass is 16.5. The SMILES string of the molecule is CN=C(NCC1CN2CCN1CC2)Nc1ccc2c(c1)OCCCO2. The molecular weight excluding hydrogens is 318 g/mol. The van der Waals surface area contributed by atoms with Crippen molar-refractivity contribution in [2.75, 3.05) is 64.8 Å². The number of piperazine rings is 3. The third-order valence-corrected chi connectivity index (χ3v) is 5.13. The number of ether oxygens (including phenoxy) is 2. The van der Waals surface area contributed by atoms with Gasteiger partial charge in [0, 0.05) is 70.5 Å². The molecule has 0 amide bonds. The van der Waals surface area contributed by atoms with Gasteiger partial charge in [-0.05, 0) is 12.1 Å². The van der Waals surface area contributed by atoms with E-state index < -0.39 is 0 Å². The number of nitrogens with zero attached hydrogens (tertiary/aromatic N) is 3. The molecule has 0 radical (unpaired) electrons. The Hall–Kier alpha value is -1.99. The second-order valence-electron chi connectivity index (χ2n) is 6.78. The van der Waals surface area contributed by atoms with Crippen molar-refractivity contribution in [3.8, 4) is 11.5 Å². The Morgan fingerprint density at radius 3 is 2.68 bits per heavy atom. The highest BCUT2D eigenvalue weighted by molar-refractivity contribution is 5.93. The standard InChI is InChI=1S/C18H27N5O2/c1-19-18(20-12-15-13-22-5-7-23(15)8-6-22)21-14-3-4-16-17(11-14)25-10-2-9-24-16/h3-4,11,15H,2,5-10,12-13H2,1H3,(H2,19,20,21). The zero-order valence-corrected chi connectivity index (χ0v) is 14.8. The molecule has 3 saturated heterocycles. The van der Waals surface area contributed by atoms with Crippen LogP contribution in [0.5, 0.6) is 11.5 Å². The van der Waals surface area contributed by atoms with E-state index in [2.05, 4.69) is 25.4 Å². The molecule has 4 aliphatic heterocycles. The molecule has 0 spiro atoms. The smallest absolute Gasteiger partial charge is 0.195 e. The van der Waals surface area contributed by atoms with E-state index in [9.17, 15) is 0 Å². The van der Waals surface area contributed by atoms with Gasteiger partial charge in [-0.2, -0.15) is 0 Å². The summed E-state index contributed by atoms with van der Waals surface area (Å²) in [6, 6.07) is 6.49. The summed E-state index contributed by atoms with van der Waals surface area (Å²) in [7, 11) is 1.80. The summed E-state index contributed by atoms with van der Waals surface area (Å²) in [5, 5.41) is 6.82. The van der Waals surface area contributed by atoms with Crippen molar-refractivity contribution in [3.05, 3.63) is 18.2 Å². The number of guanidine groups is 1. The summed E-state index contributed by atoms with van der Waals surface area (Å²) in [5.74, 6) is 2.39. The Kier molecular flexibility index (Phi) is 4.94. The molecule has 7 heteroatoms. The van der Waals surface area contributed by atoms with Gasteiger partial charge in [-0.25, -0.2) is 0 Å². The largest absolute Gasteiger partial charge is 0.490 e. The Morgan fingerprint density at radius 2 is 1.96 bits per heavy atom. The number of aliphatic imine (C=N–C) groups is 1. The average Bonchev–Trinajstić information content (AvgIpc) is 2.91. The first-order chi connectivity index (χ1) is 12.3. The molecule has 0 aliphatic carbocycles.